The highest BCUT2D eigenvalue weighted by atomic mass is 35.5. The average molecular weight is 497 g/mol. The SMILES string of the molecule is O=C1CCC(N2CCc3c(cccc3Nc3ccc(Cl)c(-c4ncc(-c5ccccc5)[nH]4)c3)C2)CC1. The number of imidazole rings is 1. The van der Waals surface area contributed by atoms with Crippen molar-refractivity contribution in [2.24, 2.45) is 0 Å². The molecule has 1 aliphatic carbocycles. The summed E-state index contributed by atoms with van der Waals surface area (Å²) in [5, 5.41) is 4.30. The van der Waals surface area contributed by atoms with Crippen LogP contribution in [0, 0.1) is 0 Å². The van der Waals surface area contributed by atoms with Gasteiger partial charge in [0.05, 0.1) is 16.9 Å². The molecule has 1 fully saturated rings. The van der Waals surface area contributed by atoms with Gasteiger partial charge in [0.2, 0.25) is 0 Å². The lowest BCUT2D eigenvalue weighted by atomic mass is 9.90. The highest BCUT2D eigenvalue weighted by Gasteiger charge is 2.28. The minimum absolute atomic E-state index is 0.420. The molecule has 2 N–H and O–H groups in total. The first-order valence-corrected chi connectivity index (χ1v) is 13.1. The molecule has 0 amide bonds. The van der Waals surface area contributed by atoms with Gasteiger partial charge in [0.1, 0.15) is 11.6 Å². The molecule has 0 radical (unpaired) electrons. The van der Waals surface area contributed by atoms with E-state index in [1.165, 1.54) is 11.1 Å². The number of halogens is 1. The number of carbonyl (C=O) groups excluding carboxylic acids is 1. The van der Waals surface area contributed by atoms with Crippen LogP contribution in [0.3, 0.4) is 0 Å². The van der Waals surface area contributed by atoms with E-state index in [4.69, 9.17) is 11.6 Å². The molecule has 36 heavy (non-hydrogen) atoms. The highest BCUT2D eigenvalue weighted by molar-refractivity contribution is 6.33. The van der Waals surface area contributed by atoms with Crippen LogP contribution in [-0.2, 0) is 17.8 Å². The molecule has 1 aliphatic heterocycles. The van der Waals surface area contributed by atoms with Gasteiger partial charge in [-0.2, -0.15) is 0 Å². The number of ketones is 1. The van der Waals surface area contributed by atoms with Crippen molar-refractivity contribution < 1.29 is 4.79 Å². The van der Waals surface area contributed by atoms with Crippen LogP contribution in [0.2, 0.25) is 5.02 Å². The van der Waals surface area contributed by atoms with E-state index in [9.17, 15) is 4.79 Å². The second-order valence-corrected chi connectivity index (χ2v) is 10.2. The monoisotopic (exact) mass is 496 g/mol. The first-order valence-electron chi connectivity index (χ1n) is 12.7. The Morgan fingerprint density at radius 2 is 1.81 bits per heavy atom. The van der Waals surface area contributed by atoms with E-state index in [0.717, 1.165) is 79.2 Å². The van der Waals surface area contributed by atoms with Gasteiger partial charge in [-0.1, -0.05) is 54.1 Å². The molecule has 1 aromatic heterocycles. The first kappa shape index (κ1) is 23.0. The number of nitrogens with zero attached hydrogens (tertiary/aromatic N) is 2. The fourth-order valence-electron chi connectivity index (χ4n) is 5.51. The predicted octanol–water partition coefficient (Wildman–Crippen LogP) is 7.01. The number of carbonyl (C=O) groups is 1. The molecule has 0 unspecified atom stereocenters. The summed E-state index contributed by atoms with van der Waals surface area (Å²) >= 11 is 6.59. The van der Waals surface area contributed by atoms with Gasteiger partial charge in [0.15, 0.2) is 0 Å². The number of aromatic amines is 1. The van der Waals surface area contributed by atoms with Gasteiger partial charge in [-0.25, -0.2) is 4.98 Å². The molecule has 1 saturated carbocycles. The molecule has 2 heterocycles. The number of anilines is 2. The highest BCUT2D eigenvalue weighted by Crippen LogP contribution is 2.35. The van der Waals surface area contributed by atoms with Crippen LogP contribution in [0.1, 0.15) is 36.8 Å². The van der Waals surface area contributed by atoms with E-state index >= 15 is 0 Å². The zero-order valence-electron chi connectivity index (χ0n) is 20.1. The third-order valence-corrected chi connectivity index (χ3v) is 7.82. The molecular formula is C30H29ClN4O. The number of benzene rings is 3. The third kappa shape index (κ3) is 4.69. The molecule has 3 aromatic carbocycles. The summed E-state index contributed by atoms with van der Waals surface area (Å²) in [6.07, 6.45) is 6.32. The lowest BCUT2D eigenvalue weighted by Crippen LogP contribution is -2.41. The maximum atomic E-state index is 11.7. The lowest BCUT2D eigenvalue weighted by molar-refractivity contribution is -0.121. The quantitative estimate of drug-likeness (QED) is 0.312. The molecule has 6 rings (SSSR count). The molecule has 4 aromatic rings. The van der Waals surface area contributed by atoms with Crippen molar-refractivity contribution in [1.29, 1.82) is 0 Å². The van der Waals surface area contributed by atoms with Crippen LogP contribution in [0.25, 0.3) is 22.6 Å². The van der Waals surface area contributed by atoms with E-state index in [0.29, 0.717) is 16.8 Å². The van der Waals surface area contributed by atoms with Gasteiger partial charge in [0, 0.05) is 48.9 Å². The number of rotatable bonds is 5. The van der Waals surface area contributed by atoms with Crippen molar-refractivity contribution in [2.45, 2.75) is 44.7 Å². The fourth-order valence-corrected chi connectivity index (χ4v) is 5.72. The number of fused-ring (bicyclic) bond motifs is 1. The second-order valence-electron chi connectivity index (χ2n) is 9.76. The smallest absolute Gasteiger partial charge is 0.139 e. The summed E-state index contributed by atoms with van der Waals surface area (Å²) < 4.78 is 0. The zero-order valence-corrected chi connectivity index (χ0v) is 20.9. The molecule has 0 atom stereocenters. The Bertz CT molecular complexity index is 1390. The second kappa shape index (κ2) is 9.92. The van der Waals surface area contributed by atoms with Crippen molar-refractivity contribution in [3.63, 3.8) is 0 Å². The Balaban J connectivity index is 1.22. The van der Waals surface area contributed by atoms with Gasteiger partial charge >= 0.3 is 0 Å². The van der Waals surface area contributed by atoms with Crippen molar-refractivity contribution in [3.8, 4) is 22.6 Å². The first-order chi connectivity index (χ1) is 17.6. The molecule has 182 valence electrons. The molecule has 0 bridgehead atoms. The maximum Gasteiger partial charge on any atom is 0.139 e. The molecular weight excluding hydrogens is 468 g/mol. The zero-order chi connectivity index (χ0) is 24.5. The molecule has 5 nitrogen and oxygen atoms in total. The largest absolute Gasteiger partial charge is 0.355 e. The van der Waals surface area contributed by atoms with E-state index in [-0.39, 0.29) is 0 Å². The van der Waals surface area contributed by atoms with Gasteiger partial charge < -0.3 is 10.3 Å². The maximum absolute atomic E-state index is 11.7. The number of hydrogen-bond acceptors (Lipinski definition) is 4. The fraction of sp³-hybridized carbons (Fsp3) is 0.267. The van der Waals surface area contributed by atoms with E-state index in [1.54, 1.807) is 0 Å². The summed E-state index contributed by atoms with van der Waals surface area (Å²) in [5.74, 6) is 1.17. The minimum Gasteiger partial charge on any atom is -0.355 e. The Morgan fingerprint density at radius 1 is 0.972 bits per heavy atom. The molecule has 6 heteroatoms. The topological polar surface area (TPSA) is 61.0 Å². The minimum atomic E-state index is 0.420. The summed E-state index contributed by atoms with van der Waals surface area (Å²) in [4.78, 5) is 22.3. The van der Waals surface area contributed by atoms with Crippen molar-refractivity contribution in [2.75, 3.05) is 11.9 Å². The van der Waals surface area contributed by atoms with Gasteiger partial charge in [0.25, 0.3) is 0 Å². The Kier molecular flexibility index (Phi) is 6.34. The van der Waals surface area contributed by atoms with Crippen LogP contribution in [0.4, 0.5) is 11.4 Å². The Morgan fingerprint density at radius 3 is 2.64 bits per heavy atom. The van der Waals surface area contributed by atoms with Gasteiger partial charge in [-0.3, -0.25) is 9.69 Å². The predicted molar refractivity (Wildman–Crippen MR) is 146 cm³/mol. The Hall–Kier alpha value is -3.41. The van der Waals surface area contributed by atoms with Crippen LogP contribution >= 0.6 is 11.6 Å². The summed E-state index contributed by atoms with van der Waals surface area (Å²) in [7, 11) is 0. The van der Waals surface area contributed by atoms with Gasteiger partial charge in [-0.15, -0.1) is 0 Å². The van der Waals surface area contributed by atoms with E-state index < -0.39 is 0 Å². The van der Waals surface area contributed by atoms with Crippen molar-refractivity contribution in [3.05, 3.63) is 89.1 Å². The van der Waals surface area contributed by atoms with E-state index in [1.807, 2.05) is 36.5 Å². The third-order valence-electron chi connectivity index (χ3n) is 7.49. The number of nitrogens with one attached hydrogen (secondary N) is 2. The molecule has 0 saturated heterocycles. The molecule has 2 aliphatic rings. The number of hydrogen-bond donors (Lipinski definition) is 2. The average Bonchev–Trinajstić information content (AvgIpc) is 3.41. The summed E-state index contributed by atoms with van der Waals surface area (Å²) in [5.41, 5.74) is 7.79. The van der Waals surface area contributed by atoms with Crippen LogP contribution in [0.5, 0.6) is 0 Å². The normalized spacial score (nSPS) is 16.6. The lowest BCUT2D eigenvalue weighted by Gasteiger charge is -2.37. The van der Waals surface area contributed by atoms with Crippen molar-refractivity contribution >= 4 is 28.8 Å². The van der Waals surface area contributed by atoms with Crippen LogP contribution < -0.4 is 5.32 Å². The summed E-state index contributed by atoms with van der Waals surface area (Å²) in [6.45, 7) is 1.98. The molecule has 0 spiro atoms. The van der Waals surface area contributed by atoms with Gasteiger partial charge in [-0.05, 0) is 60.2 Å². The number of aromatic nitrogens is 2. The van der Waals surface area contributed by atoms with Crippen LogP contribution in [0.15, 0.2) is 72.9 Å². The summed E-state index contributed by atoms with van der Waals surface area (Å²) in [6, 6.07) is 23.2. The number of Topliss-reactive ketones (excluding diaryl/α,β-unsaturated/α-hetero) is 1. The van der Waals surface area contributed by atoms with Crippen LogP contribution in [-0.4, -0.2) is 33.2 Å². The number of H-pyrrole nitrogens is 1. The van der Waals surface area contributed by atoms with Crippen molar-refractivity contribution in [1.82, 2.24) is 14.9 Å². The Labute approximate surface area is 216 Å². The van der Waals surface area contributed by atoms with E-state index in [2.05, 4.69) is 56.6 Å². The standard InChI is InChI=1S/C30H29ClN4O/c31-27-14-9-22(17-26(27)30-32-18-29(34-30)20-5-2-1-3-6-20)33-28-8-4-7-21-19-35(16-15-25(21)28)23-10-12-24(36)13-11-23/h1-9,14,17-18,23,33H,10-13,15-16,19H2,(H,32,34).